The number of hydrogen-bond acceptors (Lipinski definition) is 5. The lowest BCUT2D eigenvalue weighted by Gasteiger charge is -2.02. The fraction of sp³-hybridized carbons (Fsp3) is 0.111. The number of nitrogens with zero attached hydrogens (tertiary/aromatic N) is 2. The van der Waals surface area contributed by atoms with Crippen molar-refractivity contribution in [1.29, 1.82) is 0 Å². The van der Waals surface area contributed by atoms with Gasteiger partial charge in [0.2, 0.25) is 0 Å². The molecule has 0 bridgehead atoms. The maximum atomic E-state index is 5.56. The SMILES string of the molecule is Nc1nnsc1COc1ccccc1. The predicted octanol–water partition coefficient (Wildman–Crippen LogP) is 1.70. The van der Waals surface area contributed by atoms with E-state index in [2.05, 4.69) is 9.59 Å². The highest BCUT2D eigenvalue weighted by molar-refractivity contribution is 7.05. The van der Waals surface area contributed by atoms with Gasteiger partial charge < -0.3 is 10.5 Å². The zero-order valence-electron chi connectivity index (χ0n) is 7.38. The third-order valence-corrected chi connectivity index (χ3v) is 2.41. The van der Waals surface area contributed by atoms with Crippen LogP contribution in [0.25, 0.3) is 0 Å². The Kier molecular flexibility index (Phi) is 2.60. The molecule has 2 aromatic rings. The fourth-order valence-electron chi connectivity index (χ4n) is 0.982. The molecule has 2 N–H and O–H groups in total. The molecular weight excluding hydrogens is 198 g/mol. The monoisotopic (exact) mass is 207 g/mol. The molecule has 1 aromatic heterocycles. The van der Waals surface area contributed by atoms with E-state index < -0.39 is 0 Å². The minimum atomic E-state index is 0.424. The van der Waals surface area contributed by atoms with E-state index in [4.69, 9.17) is 10.5 Å². The Morgan fingerprint density at radius 1 is 1.29 bits per heavy atom. The van der Waals surface area contributed by atoms with Crippen LogP contribution in [0.4, 0.5) is 5.82 Å². The Hall–Kier alpha value is -1.62. The van der Waals surface area contributed by atoms with E-state index in [1.165, 1.54) is 11.5 Å². The highest BCUT2D eigenvalue weighted by Crippen LogP contribution is 2.16. The first-order valence-electron chi connectivity index (χ1n) is 4.11. The smallest absolute Gasteiger partial charge is 0.165 e. The van der Waals surface area contributed by atoms with Gasteiger partial charge in [-0.25, -0.2) is 0 Å². The summed E-state index contributed by atoms with van der Waals surface area (Å²) >= 11 is 1.26. The van der Waals surface area contributed by atoms with E-state index in [0.717, 1.165) is 10.6 Å². The van der Waals surface area contributed by atoms with Gasteiger partial charge in [0.1, 0.15) is 17.2 Å². The topological polar surface area (TPSA) is 61.0 Å². The average Bonchev–Trinajstić information content (AvgIpc) is 2.63. The third-order valence-electron chi connectivity index (χ3n) is 1.70. The number of aromatic nitrogens is 2. The number of anilines is 1. The normalized spacial score (nSPS) is 10.0. The Labute approximate surface area is 85.5 Å². The van der Waals surface area contributed by atoms with Gasteiger partial charge in [-0.05, 0) is 23.7 Å². The summed E-state index contributed by atoms with van der Waals surface area (Å²) in [7, 11) is 0. The van der Waals surface area contributed by atoms with Crippen molar-refractivity contribution in [3.8, 4) is 5.75 Å². The van der Waals surface area contributed by atoms with Crippen molar-refractivity contribution in [3.63, 3.8) is 0 Å². The molecule has 0 radical (unpaired) electrons. The summed E-state index contributed by atoms with van der Waals surface area (Å²) in [6.45, 7) is 0.424. The Morgan fingerprint density at radius 3 is 2.71 bits per heavy atom. The number of nitrogens with two attached hydrogens (primary N) is 1. The molecule has 2 rings (SSSR count). The zero-order chi connectivity index (χ0) is 9.80. The van der Waals surface area contributed by atoms with Crippen LogP contribution in [0.1, 0.15) is 4.88 Å². The number of hydrogen-bond donors (Lipinski definition) is 1. The van der Waals surface area contributed by atoms with Gasteiger partial charge in [0.15, 0.2) is 5.82 Å². The van der Waals surface area contributed by atoms with Gasteiger partial charge in [-0.15, -0.1) is 5.10 Å². The van der Waals surface area contributed by atoms with Gasteiger partial charge in [-0.1, -0.05) is 22.7 Å². The average molecular weight is 207 g/mol. The second-order valence-electron chi connectivity index (χ2n) is 2.68. The fourth-order valence-corrected chi connectivity index (χ4v) is 1.46. The lowest BCUT2D eigenvalue weighted by molar-refractivity contribution is 0.310. The minimum absolute atomic E-state index is 0.424. The molecule has 0 amide bonds. The van der Waals surface area contributed by atoms with E-state index in [0.29, 0.717) is 12.4 Å². The van der Waals surface area contributed by atoms with Gasteiger partial charge in [0, 0.05) is 0 Å². The first kappa shape index (κ1) is 8.96. The lowest BCUT2D eigenvalue weighted by Crippen LogP contribution is -1.97. The molecule has 0 saturated heterocycles. The molecule has 0 fully saturated rings. The number of para-hydroxylation sites is 1. The molecule has 5 heteroatoms. The van der Waals surface area contributed by atoms with Crippen LogP contribution in [0.5, 0.6) is 5.75 Å². The van der Waals surface area contributed by atoms with Crippen molar-refractivity contribution < 1.29 is 4.74 Å². The molecule has 0 saturated carbocycles. The van der Waals surface area contributed by atoms with E-state index in [1.54, 1.807) is 0 Å². The minimum Gasteiger partial charge on any atom is -0.488 e. The van der Waals surface area contributed by atoms with Crippen LogP contribution >= 0.6 is 11.5 Å². The molecular formula is C9H9N3OS. The van der Waals surface area contributed by atoms with Gasteiger partial charge in [-0.3, -0.25) is 0 Å². The molecule has 0 aliphatic carbocycles. The van der Waals surface area contributed by atoms with Crippen LogP contribution in [0.3, 0.4) is 0 Å². The number of ether oxygens (including phenoxy) is 1. The quantitative estimate of drug-likeness (QED) is 0.832. The molecule has 14 heavy (non-hydrogen) atoms. The van der Waals surface area contributed by atoms with E-state index in [1.807, 2.05) is 30.3 Å². The van der Waals surface area contributed by atoms with Crippen molar-refractivity contribution in [2.24, 2.45) is 0 Å². The molecule has 72 valence electrons. The van der Waals surface area contributed by atoms with E-state index in [-0.39, 0.29) is 0 Å². The molecule has 1 heterocycles. The summed E-state index contributed by atoms with van der Waals surface area (Å²) in [5, 5.41) is 3.70. The Balaban J connectivity index is 1.99. The molecule has 0 unspecified atom stereocenters. The van der Waals surface area contributed by atoms with Crippen LogP contribution in [-0.2, 0) is 6.61 Å². The first-order chi connectivity index (χ1) is 6.86. The van der Waals surface area contributed by atoms with Crippen molar-refractivity contribution in [2.45, 2.75) is 6.61 Å². The van der Waals surface area contributed by atoms with E-state index >= 15 is 0 Å². The van der Waals surface area contributed by atoms with Crippen molar-refractivity contribution in [1.82, 2.24) is 9.59 Å². The largest absolute Gasteiger partial charge is 0.488 e. The summed E-state index contributed by atoms with van der Waals surface area (Å²) < 4.78 is 9.20. The van der Waals surface area contributed by atoms with Crippen LogP contribution < -0.4 is 10.5 Å². The van der Waals surface area contributed by atoms with Crippen molar-refractivity contribution in [3.05, 3.63) is 35.2 Å². The zero-order valence-corrected chi connectivity index (χ0v) is 8.20. The molecule has 0 aliphatic rings. The molecule has 0 atom stereocenters. The van der Waals surface area contributed by atoms with Crippen LogP contribution in [0.2, 0.25) is 0 Å². The number of rotatable bonds is 3. The molecule has 0 aliphatic heterocycles. The van der Waals surface area contributed by atoms with Gasteiger partial charge >= 0.3 is 0 Å². The highest BCUT2D eigenvalue weighted by atomic mass is 32.1. The van der Waals surface area contributed by atoms with E-state index in [9.17, 15) is 0 Å². The second-order valence-corrected chi connectivity index (χ2v) is 3.52. The Bertz CT molecular complexity index is 401. The predicted molar refractivity (Wildman–Crippen MR) is 55.1 cm³/mol. The van der Waals surface area contributed by atoms with Crippen LogP contribution in [0.15, 0.2) is 30.3 Å². The summed E-state index contributed by atoms with van der Waals surface area (Å²) in [6.07, 6.45) is 0. The standard InChI is InChI=1S/C9H9N3OS/c10-9-8(14-12-11-9)6-13-7-4-2-1-3-5-7/h1-5H,6,10H2. The molecule has 1 aromatic carbocycles. The van der Waals surface area contributed by atoms with Gasteiger partial charge in [-0.2, -0.15) is 0 Å². The van der Waals surface area contributed by atoms with Gasteiger partial charge in [0.25, 0.3) is 0 Å². The van der Waals surface area contributed by atoms with Crippen molar-refractivity contribution in [2.75, 3.05) is 5.73 Å². The number of nitrogen functional groups attached to an aromatic ring is 1. The summed E-state index contributed by atoms with van der Waals surface area (Å²) in [5.74, 6) is 1.27. The maximum Gasteiger partial charge on any atom is 0.165 e. The Morgan fingerprint density at radius 2 is 2.07 bits per heavy atom. The second kappa shape index (κ2) is 4.06. The molecule has 0 spiro atoms. The first-order valence-corrected chi connectivity index (χ1v) is 4.88. The summed E-state index contributed by atoms with van der Waals surface area (Å²) in [5.41, 5.74) is 5.56. The maximum absolute atomic E-state index is 5.56. The summed E-state index contributed by atoms with van der Waals surface area (Å²) in [6, 6.07) is 9.57. The highest BCUT2D eigenvalue weighted by Gasteiger charge is 2.03. The van der Waals surface area contributed by atoms with Crippen LogP contribution in [0, 0.1) is 0 Å². The molecule has 4 nitrogen and oxygen atoms in total. The van der Waals surface area contributed by atoms with Crippen LogP contribution in [-0.4, -0.2) is 9.59 Å². The third kappa shape index (κ3) is 2.00. The lowest BCUT2D eigenvalue weighted by atomic mass is 10.3. The summed E-state index contributed by atoms with van der Waals surface area (Å²) in [4.78, 5) is 0.855. The van der Waals surface area contributed by atoms with Crippen molar-refractivity contribution >= 4 is 17.4 Å². The van der Waals surface area contributed by atoms with Gasteiger partial charge in [0.05, 0.1) is 0 Å². The number of benzene rings is 1.